The van der Waals surface area contributed by atoms with Crippen molar-refractivity contribution in [2.24, 2.45) is 0 Å². The summed E-state index contributed by atoms with van der Waals surface area (Å²) in [7, 11) is 0. The van der Waals surface area contributed by atoms with Gasteiger partial charge in [0.25, 0.3) is 0 Å². The summed E-state index contributed by atoms with van der Waals surface area (Å²) in [5, 5.41) is 4.06. The fraction of sp³-hybridized carbons (Fsp3) is 0.467. The van der Waals surface area contributed by atoms with E-state index in [2.05, 4.69) is 10.3 Å². The van der Waals surface area contributed by atoms with Crippen molar-refractivity contribution < 1.29 is 13.5 Å². The molecular formula is C15H18F2N2O. The molecule has 0 aliphatic carbocycles. The van der Waals surface area contributed by atoms with Gasteiger partial charge in [-0.2, -0.15) is 0 Å². The van der Waals surface area contributed by atoms with Crippen LogP contribution in [0.3, 0.4) is 0 Å². The molecule has 5 heteroatoms. The molecule has 0 radical (unpaired) electrons. The second-order valence-electron chi connectivity index (χ2n) is 5.30. The summed E-state index contributed by atoms with van der Waals surface area (Å²) in [6.45, 7) is 4.22. The van der Waals surface area contributed by atoms with E-state index >= 15 is 0 Å². The molecule has 2 aromatic rings. The third kappa shape index (κ3) is 2.55. The SMILES string of the molecule is Cc1[nH]c2c(F)cc(F)cc2c1CCN[C@H]1CCOC1. The van der Waals surface area contributed by atoms with E-state index in [1.165, 1.54) is 6.07 Å². The first-order valence-corrected chi connectivity index (χ1v) is 6.92. The zero-order valence-corrected chi connectivity index (χ0v) is 11.4. The fourth-order valence-electron chi connectivity index (χ4n) is 2.82. The molecule has 108 valence electrons. The Labute approximate surface area is 116 Å². The monoisotopic (exact) mass is 280 g/mol. The highest BCUT2D eigenvalue weighted by atomic mass is 19.1. The van der Waals surface area contributed by atoms with Crippen molar-refractivity contribution in [1.82, 2.24) is 10.3 Å². The molecule has 1 saturated heterocycles. The summed E-state index contributed by atoms with van der Waals surface area (Å²) in [6.07, 6.45) is 1.77. The highest BCUT2D eigenvalue weighted by Crippen LogP contribution is 2.25. The maximum absolute atomic E-state index is 13.7. The number of benzene rings is 1. The van der Waals surface area contributed by atoms with Gasteiger partial charge in [-0.05, 0) is 37.9 Å². The first-order chi connectivity index (χ1) is 9.65. The summed E-state index contributed by atoms with van der Waals surface area (Å²) in [4.78, 5) is 3.01. The molecule has 0 saturated carbocycles. The average Bonchev–Trinajstić information content (AvgIpc) is 3.00. The normalized spacial score (nSPS) is 19.1. The molecule has 0 unspecified atom stereocenters. The fourth-order valence-corrected chi connectivity index (χ4v) is 2.82. The summed E-state index contributed by atoms with van der Waals surface area (Å²) < 4.78 is 32.4. The van der Waals surface area contributed by atoms with E-state index in [1.54, 1.807) is 0 Å². The Bertz CT molecular complexity index is 618. The molecule has 0 spiro atoms. The highest BCUT2D eigenvalue weighted by Gasteiger charge is 2.16. The van der Waals surface area contributed by atoms with E-state index < -0.39 is 11.6 Å². The first-order valence-electron chi connectivity index (χ1n) is 6.92. The van der Waals surface area contributed by atoms with Crippen LogP contribution in [0.2, 0.25) is 0 Å². The number of H-pyrrole nitrogens is 1. The number of hydrogen-bond donors (Lipinski definition) is 2. The van der Waals surface area contributed by atoms with E-state index in [1.807, 2.05) is 6.92 Å². The van der Waals surface area contributed by atoms with Gasteiger partial charge >= 0.3 is 0 Å². The van der Waals surface area contributed by atoms with Crippen LogP contribution in [0.5, 0.6) is 0 Å². The average molecular weight is 280 g/mol. The summed E-state index contributed by atoms with van der Waals surface area (Å²) in [5.41, 5.74) is 2.27. The largest absolute Gasteiger partial charge is 0.380 e. The Kier molecular flexibility index (Phi) is 3.72. The lowest BCUT2D eigenvalue weighted by atomic mass is 10.1. The molecule has 1 fully saturated rings. The van der Waals surface area contributed by atoms with Crippen molar-refractivity contribution in [3.8, 4) is 0 Å². The quantitative estimate of drug-likeness (QED) is 0.903. The molecular weight excluding hydrogens is 262 g/mol. The minimum Gasteiger partial charge on any atom is -0.380 e. The number of aryl methyl sites for hydroxylation is 1. The Balaban J connectivity index is 1.78. The molecule has 1 aromatic carbocycles. The number of aromatic nitrogens is 1. The Morgan fingerprint density at radius 1 is 1.40 bits per heavy atom. The summed E-state index contributed by atoms with van der Waals surface area (Å²) >= 11 is 0. The molecule has 1 aliphatic heterocycles. The van der Waals surface area contributed by atoms with Gasteiger partial charge in [-0.1, -0.05) is 0 Å². The van der Waals surface area contributed by atoms with E-state index in [-0.39, 0.29) is 0 Å². The van der Waals surface area contributed by atoms with Crippen LogP contribution in [0.15, 0.2) is 12.1 Å². The van der Waals surface area contributed by atoms with E-state index in [4.69, 9.17) is 4.74 Å². The number of nitrogens with one attached hydrogen (secondary N) is 2. The van der Waals surface area contributed by atoms with Gasteiger partial charge in [0.15, 0.2) is 0 Å². The second kappa shape index (κ2) is 5.50. The van der Waals surface area contributed by atoms with Crippen molar-refractivity contribution in [3.63, 3.8) is 0 Å². The predicted octanol–water partition coefficient (Wildman–Crippen LogP) is 2.68. The summed E-state index contributed by atoms with van der Waals surface area (Å²) in [5.74, 6) is -1.07. The Hall–Kier alpha value is -1.46. The molecule has 2 heterocycles. The Morgan fingerprint density at radius 2 is 2.25 bits per heavy atom. The van der Waals surface area contributed by atoms with E-state index in [0.29, 0.717) is 16.9 Å². The van der Waals surface area contributed by atoms with Crippen LogP contribution in [-0.4, -0.2) is 30.8 Å². The zero-order valence-electron chi connectivity index (χ0n) is 11.4. The van der Waals surface area contributed by atoms with Crippen LogP contribution in [0.1, 0.15) is 17.7 Å². The van der Waals surface area contributed by atoms with Crippen molar-refractivity contribution >= 4 is 10.9 Å². The third-order valence-electron chi connectivity index (χ3n) is 3.88. The van der Waals surface area contributed by atoms with Crippen LogP contribution >= 0.6 is 0 Å². The topological polar surface area (TPSA) is 37.0 Å². The molecule has 1 atom stereocenters. The molecule has 2 N–H and O–H groups in total. The van der Waals surface area contributed by atoms with Crippen LogP contribution in [-0.2, 0) is 11.2 Å². The lowest BCUT2D eigenvalue weighted by Gasteiger charge is -2.10. The van der Waals surface area contributed by atoms with Crippen LogP contribution in [0.4, 0.5) is 8.78 Å². The maximum atomic E-state index is 13.7. The van der Waals surface area contributed by atoms with Crippen molar-refractivity contribution in [1.29, 1.82) is 0 Å². The van der Waals surface area contributed by atoms with Gasteiger partial charge in [0, 0.05) is 29.8 Å². The standard InChI is InChI=1S/C15H18F2N2O/c1-9-12(2-4-18-11-3-5-20-8-11)13-6-10(16)7-14(17)15(13)19-9/h6-7,11,18-19H,2-5,8H2,1H3/t11-/m0/s1. The van der Waals surface area contributed by atoms with E-state index in [9.17, 15) is 8.78 Å². The second-order valence-corrected chi connectivity index (χ2v) is 5.30. The lowest BCUT2D eigenvalue weighted by Crippen LogP contribution is -2.31. The summed E-state index contributed by atoms with van der Waals surface area (Å²) in [6, 6.07) is 2.71. The molecule has 1 aromatic heterocycles. The lowest BCUT2D eigenvalue weighted by molar-refractivity contribution is 0.190. The molecule has 0 amide bonds. The number of fused-ring (bicyclic) bond motifs is 1. The predicted molar refractivity (Wildman–Crippen MR) is 73.9 cm³/mol. The van der Waals surface area contributed by atoms with Gasteiger partial charge in [-0.25, -0.2) is 8.78 Å². The van der Waals surface area contributed by atoms with Gasteiger partial charge in [-0.15, -0.1) is 0 Å². The van der Waals surface area contributed by atoms with E-state index in [0.717, 1.165) is 49.9 Å². The van der Waals surface area contributed by atoms with Gasteiger partial charge in [-0.3, -0.25) is 0 Å². The highest BCUT2D eigenvalue weighted by molar-refractivity contribution is 5.85. The van der Waals surface area contributed by atoms with Crippen LogP contribution in [0, 0.1) is 18.6 Å². The third-order valence-corrected chi connectivity index (χ3v) is 3.88. The van der Waals surface area contributed by atoms with Gasteiger partial charge in [0.1, 0.15) is 11.6 Å². The molecule has 1 aliphatic rings. The molecule has 20 heavy (non-hydrogen) atoms. The van der Waals surface area contributed by atoms with Crippen LogP contribution in [0.25, 0.3) is 10.9 Å². The number of hydrogen-bond acceptors (Lipinski definition) is 2. The van der Waals surface area contributed by atoms with Crippen LogP contribution < -0.4 is 5.32 Å². The van der Waals surface area contributed by atoms with Gasteiger partial charge < -0.3 is 15.0 Å². The Morgan fingerprint density at radius 3 is 3.00 bits per heavy atom. The smallest absolute Gasteiger partial charge is 0.150 e. The van der Waals surface area contributed by atoms with Gasteiger partial charge in [0.2, 0.25) is 0 Å². The van der Waals surface area contributed by atoms with Crippen molar-refractivity contribution in [2.45, 2.75) is 25.8 Å². The van der Waals surface area contributed by atoms with Crippen molar-refractivity contribution in [2.75, 3.05) is 19.8 Å². The molecule has 3 rings (SSSR count). The maximum Gasteiger partial charge on any atom is 0.150 e. The zero-order chi connectivity index (χ0) is 14.1. The number of ether oxygens (including phenoxy) is 1. The number of halogens is 2. The van der Waals surface area contributed by atoms with Gasteiger partial charge in [0.05, 0.1) is 12.1 Å². The first kappa shape index (κ1) is 13.5. The number of rotatable bonds is 4. The van der Waals surface area contributed by atoms with Crippen molar-refractivity contribution in [3.05, 3.63) is 35.0 Å². The molecule has 3 nitrogen and oxygen atoms in total. The molecule has 0 bridgehead atoms. The minimum atomic E-state index is -0.536. The number of aromatic amines is 1. The minimum absolute atomic E-state index is 0.392.